The van der Waals surface area contributed by atoms with E-state index in [0.29, 0.717) is 11.9 Å². The van der Waals surface area contributed by atoms with E-state index in [1.54, 1.807) is 0 Å². The minimum absolute atomic E-state index is 0.0972. The van der Waals surface area contributed by atoms with Crippen molar-refractivity contribution in [1.29, 1.82) is 0 Å². The van der Waals surface area contributed by atoms with Crippen LogP contribution in [0.5, 0.6) is 0 Å². The normalized spacial score (nSPS) is 11.5. The van der Waals surface area contributed by atoms with Gasteiger partial charge < -0.3 is 5.32 Å². The van der Waals surface area contributed by atoms with Crippen LogP contribution in [0.15, 0.2) is 16.6 Å². The first-order valence-electron chi connectivity index (χ1n) is 6.07. The minimum atomic E-state index is -0.887. The molecule has 0 aliphatic heterocycles. The zero-order valence-electron chi connectivity index (χ0n) is 11.6. The van der Waals surface area contributed by atoms with Crippen molar-refractivity contribution in [3.05, 3.63) is 39.9 Å². The molecule has 2 aromatic rings. The van der Waals surface area contributed by atoms with Crippen LogP contribution >= 0.6 is 15.9 Å². The number of carbonyl (C=O) groups excluding carboxylic acids is 1. The Hall–Kier alpha value is -1.83. The van der Waals surface area contributed by atoms with Crippen LogP contribution in [0.2, 0.25) is 0 Å². The average molecular weight is 359 g/mol. The Labute approximate surface area is 128 Å². The third kappa shape index (κ3) is 3.44. The molecule has 0 aliphatic carbocycles. The molecular formula is C13H13BrF2N4O. The highest BCUT2D eigenvalue weighted by atomic mass is 79.9. The fourth-order valence-electron chi connectivity index (χ4n) is 1.53. The summed E-state index contributed by atoms with van der Waals surface area (Å²) in [5.74, 6) is -1.90. The second-order valence-electron chi connectivity index (χ2n) is 5.46. The zero-order valence-corrected chi connectivity index (χ0v) is 13.2. The second-order valence-corrected chi connectivity index (χ2v) is 6.31. The van der Waals surface area contributed by atoms with Gasteiger partial charge >= 0.3 is 0 Å². The van der Waals surface area contributed by atoms with Crippen LogP contribution in [-0.4, -0.2) is 21.1 Å². The molecule has 21 heavy (non-hydrogen) atoms. The number of rotatable bonds is 2. The lowest BCUT2D eigenvalue weighted by molar-refractivity contribution is 0.101. The van der Waals surface area contributed by atoms with Crippen LogP contribution in [-0.2, 0) is 5.41 Å². The molecule has 1 heterocycles. The number of H-pyrrole nitrogens is 1. The van der Waals surface area contributed by atoms with E-state index in [-0.39, 0.29) is 21.4 Å². The number of anilines is 1. The number of aromatic amines is 1. The molecule has 8 heteroatoms. The standard InChI is InChI=1S/C13H13BrF2N4O/c1-13(2,3)12-18-10(19-20-12)11(21)17-9-7(14)4-6(15)5-8(9)16/h4-5H,1-3H3,(H,17,21)(H,18,19,20). The van der Waals surface area contributed by atoms with Crippen molar-refractivity contribution >= 4 is 27.5 Å². The molecule has 1 aromatic carbocycles. The van der Waals surface area contributed by atoms with E-state index < -0.39 is 17.5 Å². The van der Waals surface area contributed by atoms with Crippen molar-refractivity contribution in [3.63, 3.8) is 0 Å². The number of hydrogen-bond donors (Lipinski definition) is 2. The lowest BCUT2D eigenvalue weighted by Crippen LogP contribution is -2.17. The molecule has 2 N–H and O–H groups in total. The van der Waals surface area contributed by atoms with Gasteiger partial charge in [-0.3, -0.25) is 9.89 Å². The van der Waals surface area contributed by atoms with Crippen molar-refractivity contribution in [3.8, 4) is 0 Å². The highest BCUT2D eigenvalue weighted by Gasteiger charge is 2.22. The van der Waals surface area contributed by atoms with Gasteiger partial charge in [0.2, 0.25) is 5.82 Å². The Morgan fingerprint density at radius 2 is 2.00 bits per heavy atom. The summed E-state index contributed by atoms with van der Waals surface area (Å²) in [7, 11) is 0. The van der Waals surface area contributed by atoms with Crippen molar-refractivity contribution in [2.24, 2.45) is 0 Å². The summed E-state index contributed by atoms with van der Waals surface area (Å²) in [6.45, 7) is 5.72. The Morgan fingerprint density at radius 1 is 1.33 bits per heavy atom. The maximum absolute atomic E-state index is 13.6. The second kappa shape index (κ2) is 5.51. The summed E-state index contributed by atoms with van der Waals surface area (Å²) < 4.78 is 26.7. The van der Waals surface area contributed by atoms with Crippen LogP contribution in [0.25, 0.3) is 0 Å². The Kier molecular flexibility index (Phi) is 4.08. The molecule has 0 saturated heterocycles. The molecule has 0 saturated carbocycles. The molecule has 0 aliphatic rings. The van der Waals surface area contributed by atoms with Crippen LogP contribution < -0.4 is 5.32 Å². The molecule has 2 rings (SSSR count). The van der Waals surface area contributed by atoms with Crippen molar-refractivity contribution < 1.29 is 13.6 Å². The quantitative estimate of drug-likeness (QED) is 0.864. The van der Waals surface area contributed by atoms with E-state index in [1.165, 1.54) is 0 Å². The van der Waals surface area contributed by atoms with Crippen LogP contribution in [0.1, 0.15) is 37.2 Å². The molecule has 0 radical (unpaired) electrons. The van der Waals surface area contributed by atoms with Crippen LogP contribution in [0.4, 0.5) is 14.5 Å². The summed E-state index contributed by atoms with van der Waals surface area (Å²) in [6.07, 6.45) is 0. The molecule has 0 fully saturated rings. The van der Waals surface area contributed by atoms with Gasteiger partial charge in [-0.1, -0.05) is 20.8 Å². The van der Waals surface area contributed by atoms with Crippen molar-refractivity contribution in [2.75, 3.05) is 5.32 Å². The number of hydrogen-bond acceptors (Lipinski definition) is 3. The van der Waals surface area contributed by atoms with Gasteiger partial charge in [-0.25, -0.2) is 13.8 Å². The largest absolute Gasteiger partial charge is 0.316 e. The summed E-state index contributed by atoms with van der Waals surface area (Å²) in [4.78, 5) is 16.1. The lowest BCUT2D eigenvalue weighted by Gasteiger charge is -2.12. The first kappa shape index (κ1) is 15.6. The summed E-state index contributed by atoms with van der Waals surface area (Å²) in [5, 5.41) is 8.77. The number of amides is 1. The van der Waals surface area contributed by atoms with Gasteiger partial charge in [0.15, 0.2) is 5.82 Å². The zero-order chi connectivity index (χ0) is 15.8. The Morgan fingerprint density at radius 3 is 2.52 bits per heavy atom. The predicted octanol–water partition coefficient (Wildman–Crippen LogP) is 3.40. The SMILES string of the molecule is CC(C)(C)c1nc(C(=O)Nc2c(F)cc(F)cc2Br)n[nH]1. The van der Waals surface area contributed by atoms with E-state index in [9.17, 15) is 13.6 Å². The topological polar surface area (TPSA) is 70.7 Å². The average Bonchev–Trinajstić information content (AvgIpc) is 2.82. The third-order valence-electron chi connectivity index (χ3n) is 2.64. The van der Waals surface area contributed by atoms with E-state index in [4.69, 9.17) is 0 Å². The van der Waals surface area contributed by atoms with Gasteiger partial charge in [0.1, 0.15) is 11.6 Å². The highest BCUT2D eigenvalue weighted by Crippen LogP contribution is 2.27. The van der Waals surface area contributed by atoms with Gasteiger partial charge in [-0.05, 0) is 22.0 Å². The number of nitrogens with zero attached hydrogens (tertiary/aromatic N) is 2. The summed E-state index contributed by atoms with van der Waals surface area (Å²) in [5.41, 5.74) is -0.462. The lowest BCUT2D eigenvalue weighted by atomic mass is 9.96. The van der Waals surface area contributed by atoms with Gasteiger partial charge in [0.25, 0.3) is 5.91 Å². The first-order valence-corrected chi connectivity index (χ1v) is 6.86. The molecule has 0 unspecified atom stereocenters. The predicted molar refractivity (Wildman–Crippen MR) is 77.1 cm³/mol. The molecule has 5 nitrogen and oxygen atoms in total. The molecule has 0 bridgehead atoms. The fourth-order valence-corrected chi connectivity index (χ4v) is 2.04. The van der Waals surface area contributed by atoms with E-state index in [0.717, 1.165) is 6.07 Å². The van der Waals surface area contributed by atoms with Crippen molar-refractivity contribution in [2.45, 2.75) is 26.2 Å². The molecule has 0 spiro atoms. The van der Waals surface area contributed by atoms with E-state index in [2.05, 4.69) is 36.4 Å². The van der Waals surface area contributed by atoms with Gasteiger partial charge in [-0.2, -0.15) is 0 Å². The minimum Gasteiger partial charge on any atom is -0.316 e. The monoisotopic (exact) mass is 358 g/mol. The smallest absolute Gasteiger partial charge is 0.295 e. The number of benzene rings is 1. The maximum Gasteiger partial charge on any atom is 0.295 e. The van der Waals surface area contributed by atoms with Crippen LogP contribution in [0.3, 0.4) is 0 Å². The summed E-state index contributed by atoms with van der Waals surface area (Å²) >= 11 is 2.99. The fraction of sp³-hybridized carbons (Fsp3) is 0.308. The number of halogens is 3. The molecular weight excluding hydrogens is 346 g/mol. The van der Waals surface area contributed by atoms with Gasteiger partial charge in [0, 0.05) is 16.0 Å². The van der Waals surface area contributed by atoms with E-state index in [1.807, 2.05) is 20.8 Å². The van der Waals surface area contributed by atoms with Crippen molar-refractivity contribution in [1.82, 2.24) is 15.2 Å². The third-order valence-corrected chi connectivity index (χ3v) is 3.27. The maximum atomic E-state index is 13.6. The Bertz CT molecular complexity index is 671. The molecule has 112 valence electrons. The first-order chi connectivity index (χ1) is 9.68. The molecule has 1 amide bonds. The van der Waals surface area contributed by atoms with Crippen LogP contribution in [0, 0.1) is 11.6 Å². The highest BCUT2D eigenvalue weighted by molar-refractivity contribution is 9.10. The van der Waals surface area contributed by atoms with E-state index >= 15 is 0 Å². The summed E-state index contributed by atoms with van der Waals surface area (Å²) in [6, 6.07) is 1.73. The molecule has 0 atom stereocenters. The number of aromatic nitrogens is 3. The Balaban J connectivity index is 2.25. The van der Waals surface area contributed by atoms with Gasteiger partial charge in [0.05, 0.1) is 5.69 Å². The number of nitrogens with one attached hydrogen (secondary N) is 2. The molecule has 1 aromatic heterocycles. The number of carbonyl (C=O) groups is 1. The van der Waals surface area contributed by atoms with Gasteiger partial charge in [-0.15, -0.1) is 5.10 Å².